The van der Waals surface area contributed by atoms with Crippen LogP contribution in [0.2, 0.25) is 5.02 Å². The minimum absolute atomic E-state index is 0.000266. The Kier molecular flexibility index (Phi) is 6.75. The predicted octanol–water partition coefficient (Wildman–Crippen LogP) is 6.02. The Morgan fingerprint density at radius 1 is 1.07 bits per heavy atom. The first kappa shape index (κ1) is 21.1. The monoisotopic (exact) mass is 412 g/mol. The van der Waals surface area contributed by atoms with Gasteiger partial charge in [0.25, 0.3) is 5.91 Å². The standard InChI is InChI=1S/C24H26ClFN2O/c1-17(2)18(3)28(24(29)20-8-5-10-22(26)14-20)16-23-11-6-12-27(23)15-19-7-4-9-21(25)13-19/h4-14,17-18H,15-16H2,1-3H3/t18-/m0/s1. The van der Waals surface area contributed by atoms with Crippen molar-refractivity contribution >= 4 is 17.5 Å². The van der Waals surface area contributed by atoms with Crippen LogP contribution in [0.4, 0.5) is 4.39 Å². The lowest BCUT2D eigenvalue weighted by Gasteiger charge is -2.32. The van der Waals surface area contributed by atoms with Gasteiger partial charge in [-0.1, -0.05) is 43.6 Å². The maximum absolute atomic E-state index is 13.7. The van der Waals surface area contributed by atoms with Crippen molar-refractivity contribution in [2.45, 2.75) is 39.9 Å². The lowest BCUT2D eigenvalue weighted by Crippen LogP contribution is -2.41. The summed E-state index contributed by atoms with van der Waals surface area (Å²) < 4.78 is 15.8. The Morgan fingerprint density at radius 3 is 2.52 bits per heavy atom. The zero-order valence-corrected chi connectivity index (χ0v) is 17.7. The third-order valence-corrected chi connectivity index (χ3v) is 5.52. The molecule has 0 radical (unpaired) electrons. The zero-order chi connectivity index (χ0) is 21.0. The van der Waals surface area contributed by atoms with Crippen LogP contribution in [0.3, 0.4) is 0 Å². The highest BCUT2D eigenvalue weighted by Crippen LogP contribution is 2.20. The molecule has 0 aliphatic carbocycles. The molecule has 3 nitrogen and oxygen atoms in total. The molecule has 0 N–H and O–H groups in total. The van der Waals surface area contributed by atoms with E-state index in [1.54, 1.807) is 12.1 Å². The van der Waals surface area contributed by atoms with Crippen LogP contribution < -0.4 is 0 Å². The lowest BCUT2D eigenvalue weighted by molar-refractivity contribution is 0.0622. The van der Waals surface area contributed by atoms with Gasteiger partial charge < -0.3 is 9.47 Å². The first-order chi connectivity index (χ1) is 13.8. The summed E-state index contributed by atoms with van der Waals surface area (Å²) >= 11 is 6.11. The summed E-state index contributed by atoms with van der Waals surface area (Å²) in [5.41, 5.74) is 2.47. The van der Waals surface area contributed by atoms with Gasteiger partial charge in [-0.15, -0.1) is 0 Å². The summed E-state index contributed by atoms with van der Waals surface area (Å²) in [6.07, 6.45) is 2.00. The maximum atomic E-state index is 13.7. The Hall–Kier alpha value is -2.59. The highest BCUT2D eigenvalue weighted by atomic mass is 35.5. The quantitative estimate of drug-likeness (QED) is 0.466. The molecule has 3 rings (SSSR count). The summed E-state index contributed by atoms with van der Waals surface area (Å²) in [7, 11) is 0. The number of amides is 1. The minimum atomic E-state index is -0.405. The molecule has 1 amide bonds. The van der Waals surface area contributed by atoms with Gasteiger partial charge in [0, 0.05) is 35.1 Å². The van der Waals surface area contributed by atoms with Crippen molar-refractivity contribution in [1.29, 1.82) is 0 Å². The second-order valence-electron chi connectivity index (χ2n) is 7.69. The van der Waals surface area contributed by atoms with Gasteiger partial charge in [-0.3, -0.25) is 4.79 Å². The summed E-state index contributed by atoms with van der Waals surface area (Å²) in [4.78, 5) is 15.0. The van der Waals surface area contributed by atoms with Crippen LogP contribution in [0.5, 0.6) is 0 Å². The Morgan fingerprint density at radius 2 is 1.83 bits per heavy atom. The Bertz CT molecular complexity index is 982. The fourth-order valence-electron chi connectivity index (χ4n) is 3.30. The molecule has 3 aromatic rings. The average Bonchev–Trinajstić information content (AvgIpc) is 3.11. The number of benzene rings is 2. The van der Waals surface area contributed by atoms with Crippen molar-refractivity contribution in [1.82, 2.24) is 9.47 Å². The second kappa shape index (κ2) is 9.27. The molecule has 0 unspecified atom stereocenters. The van der Waals surface area contributed by atoms with E-state index in [-0.39, 0.29) is 17.9 Å². The van der Waals surface area contributed by atoms with Gasteiger partial charge in [0.15, 0.2) is 0 Å². The Labute approximate surface area is 176 Å². The fraction of sp³-hybridized carbons (Fsp3) is 0.292. The highest BCUT2D eigenvalue weighted by molar-refractivity contribution is 6.30. The minimum Gasteiger partial charge on any atom is -0.345 e. The number of rotatable bonds is 7. The molecule has 5 heteroatoms. The first-order valence-corrected chi connectivity index (χ1v) is 10.2. The van der Waals surface area contributed by atoms with E-state index < -0.39 is 5.82 Å². The number of halogens is 2. The molecule has 0 fully saturated rings. The number of nitrogens with zero attached hydrogens (tertiary/aromatic N) is 2. The van der Waals surface area contributed by atoms with Gasteiger partial charge in [0.05, 0.1) is 6.54 Å². The molecule has 2 aromatic carbocycles. The molecular weight excluding hydrogens is 387 g/mol. The van der Waals surface area contributed by atoms with Gasteiger partial charge in [-0.25, -0.2) is 4.39 Å². The number of hydrogen-bond acceptors (Lipinski definition) is 1. The third kappa shape index (κ3) is 5.27. The molecule has 152 valence electrons. The number of hydrogen-bond donors (Lipinski definition) is 0. The topological polar surface area (TPSA) is 25.2 Å². The van der Waals surface area contributed by atoms with Crippen LogP contribution in [-0.4, -0.2) is 21.4 Å². The molecule has 1 atom stereocenters. The smallest absolute Gasteiger partial charge is 0.254 e. The van der Waals surface area contributed by atoms with E-state index in [2.05, 4.69) is 18.4 Å². The highest BCUT2D eigenvalue weighted by Gasteiger charge is 2.25. The summed E-state index contributed by atoms with van der Waals surface area (Å²) in [5.74, 6) is -0.303. The molecule has 1 heterocycles. The van der Waals surface area contributed by atoms with Crippen molar-refractivity contribution in [3.63, 3.8) is 0 Å². The van der Waals surface area contributed by atoms with E-state index >= 15 is 0 Å². The summed E-state index contributed by atoms with van der Waals surface area (Å²) in [6.45, 7) is 7.32. The molecule has 0 saturated heterocycles. The van der Waals surface area contributed by atoms with Crippen molar-refractivity contribution in [3.05, 3.63) is 94.5 Å². The van der Waals surface area contributed by atoms with E-state index in [1.807, 2.05) is 54.4 Å². The molecular formula is C24H26ClFN2O. The number of carbonyl (C=O) groups excluding carboxylic acids is 1. The van der Waals surface area contributed by atoms with Crippen LogP contribution in [0.1, 0.15) is 42.4 Å². The molecule has 29 heavy (non-hydrogen) atoms. The molecule has 0 spiro atoms. The van der Waals surface area contributed by atoms with E-state index in [1.165, 1.54) is 12.1 Å². The van der Waals surface area contributed by atoms with Crippen LogP contribution in [0.15, 0.2) is 66.9 Å². The fourth-order valence-corrected chi connectivity index (χ4v) is 3.51. The molecule has 0 aliphatic rings. The van der Waals surface area contributed by atoms with Crippen molar-refractivity contribution < 1.29 is 9.18 Å². The van der Waals surface area contributed by atoms with E-state index in [4.69, 9.17) is 11.6 Å². The van der Waals surface area contributed by atoms with E-state index in [0.29, 0.717) is 23.7 Å². The molecule has 1 aromatic heterocycles. The van der Waals surface area contributed by atoms with Crippen LogP contribution in [0.25, 0.3) is 0 Å². The lowest BCUT2D eigenvalue weighted by atomic mass is 10.0. The third-order valence-electron chi connectivity index (χ3n) is 5.29. The van der Waals surface area contributed by atoms with Gasteiger partial charge in [0.2, 0.25) is 0 Å². The van der Waals surface area contributed by atoms with Gasteiger partial charge in [-0.05, 0) is 60.9 Å². The number of carbonyl (C=O) groups is 1. The van der Waals surface area contributed by atoms with Crippen LogP contribution in [-0.2, 0) is 13.1 Å². The largest absolute Gasteiger partial charge is 0.345 e. The number of aromatic nitrogens is 1. The van der Waals surface area contributed by atoms with E-state index in [9.17, 15) is 9.18 Å². The second-order valence-corrected chi connectivity index (χ2v) is 8.12. The average molecular weight is 413 g/mol. The van der Waals surface area contributed by atoms with Gasteiger partial charge >= 0.3 is 0 Å². The first-order valence-electron chi connectivity index (χ1n) is 9.80. The molecule has 0 bridgehead atoms. The van der Waals surface area contributed by atoms with Gasteiger partial charge in [-0.2, -0.15) is 0 Å². The van der Waals surface area contributed by atoms with Crippen LogP contribution in [0, 0.1) is 11.7 Å². The summed E-state index contributed by atoms with van der Waals surface area (Å²) in [6, 6.07) is 17.6. The van der Waals surface area contributed by atoms with Crippen molar-refractivity contribution in [3.8, 4) is 0 Å². The van der Waals surface area contributed by atoms with Crippen molar-refractivity contribution in [2.24, 2.45) is 5.92 Å². The maximum Gasteiger partial charge on any atom is 0.254 e. The summed E-state index contributed by atoms with van der Waals surface area (Å²) in [5, 5.41) is 0.701. The van der Waals surface area contributed by atoms with Crippen LogP contribution >= 0.6 is 11.6 Å². The predicted molar refractivity (Wildman–Crippen MR) is 116 cm³/mol. The van der Waals surface area contributed by atoms with Gasteiger partial charge in [0.1, 0.15) is 5.82 Å². The molecule has 0 saturated carbocycles. The normalized spacial score (nSPS) is 12.2. The molecule has 0 aliphatic heterocycles. The zero-order valence-electron chi connectivity index (χ0n) is 17.0. The van der Waals surface area contributed by atoms with E-state index in [0.717, 1.165) is 11.3 Å². The SMILES string of the molecule is CC(C)[C@H](C)N(Cc1cccn1Cc1cccc(Cl)c1)C(=O)c1cccc(F)c1. The Balaban J connectivity index is 1.87. The van der Waals surface area contributed by atoms with Crippen molar-refractivity contribution in [2.75, 3.05) is 0 Å².